The summed E-state index contributed by atoms with van der Waals surface area (Å²) in [5.41, 5.74) is 3.40. The highest BCUT2D eigenvalue weighted by Crippen LogP contribution is 2.16. The molecule has 4 heteroatoms. The van der Waals surface area contributed by atoms with Crippen LogP contribution in [0.2, 0.25) is 0 Å². The van der Waals surface area contributed by atoms with Crippen LogP contribution in [0.5, 0.6) is 0 Å². The maximum Gasteiger partial charge on any atom is 0.125 e. The van der Waals surface area contributed by atoms with E-state index < -0.39 is 0 Å². The van der Waals surface area contributed by atoms with Gasteiger partial charge in [0, 0.05) is 30.9 Å². The van der Waals surface area contributed by atoms with Crippen LogP contribution in [0.1, 0.15) is 49.3 Å². The standard InChI is InChI=1S/C7H9N.C7H14O.C6H8N2/c2*1-6-3-4-7(2)8-5-6;1-5-3-7-6(2)8-4-5/h3-5H,1-2H3;6-7H,3-5H2,1-2H3;3-4H,1-2H3. The molecule has 0 aromatic carbocycles. The summed E-state index contributed by atoms with van der Waals surface area (Å²) in [4.78, 5) is 12.0. The van der Waals surface area contributed by atoms with E-state index >= 15 is 0 Å². The minimum absolute atomic E-state index is 0.520. The third-order valence-corrected chi connectivity index (χ3v) is 3.70. The van der Waals surface area contributed by atoms with Gasteiger partial charge in [0.25, 0.3) is 0 Å². The molecular weight excluding hydrogens is 298 g/mol. The van der Waals surface area contributed by atoms with Gasteiger partial charge in [0.15, 0.2) is 0 Å². The molecule has 2 aromatic heterocycles. The fourth-order valence-electron chi connectivity index (χ4n) is 2.01. The third kappa shape index (κ3) is 9.36. The van der Waals surface area contributed by atoms with E-state index in [0.29, 0.717) is 6.10 Å². The van der Waals surface area contributed by atoms with Crippen molar-refractivity contribution in [2.24, 2.45) is 5.92 Å². The molecule has 4 nitrogen and oxygen atoms in total. The zero-order chi connectivity index (χ0) is 17.9. The van der Waals surface area contributed by atoms with Crippen LogP contribution in [0.4, 0.5) is 0 Å². The van der Waals surface area contributed by atoms with E-state index in [0.717, 1.165) is 29.6 Å². The molecule has 0 amide bonds. The molecule has 2 unspecified atom stereocenters. The quantitative estimate of drug-likeness (QED) is 0.708. The minimum atomic E-state index is 0.520. The monoisotopic (exact) mass is 329 g/mol. The molecule has 2 atom stereocenters. The number of hydrogen-bond donors (Lipinski definition) is 0. The first-order valence-electron chi connectivity index (χ1n) is 8.63. The summed E-state index contributed by atoms with van der Waals surface area (Å²) < 4.78 is 5.39. The van der Waals surface area contributed by atoms with E-state index in [-0.39, 0.29) is 0 Å². The maximum absolute atomic E-state index is 5.39. The predicted octanol–water partition coefficient (Wildman–Crippen LogP) is 4.61. The van der Waals surface area contributed by atoms with Gasteiger partial charge in [-0.05, 0) is 70.6 Å². The average molecular weight is 329 g/mol. The summed E-state index contributed by atoms with van der Waals surface area (Å²) in [6.07, 6.45) is 8.61. The molecule has 3 heterocycles. The first-order chi connectivity index (χ1) is 11.4. The number of nitrogens with zero attached hydrogens (tertiary/aromatic N) is 3. The number of pyridine rings is 1. The summed E-state index contributed by atoms with van der Waals surface area (Å²) in [7, 11) is 0. The van der Waals surface area contributed by atoms with E-state index in [2.05, 4.69) is 34.9 Å². The molecule has 1 saturated heterocycles. The number of aryl methyl sites for hydroxylation is 4. The molecule has 132 valence electrons. The largest absolute Gasteiger partial charge is 0.378 e. The van der Waals surface area contributed by atoms with E-state index in [1.807, 2.05) is 52.4 Å². The van der Waals surface area contributed by atoms with Gasteiger partial charge in [-0.3, -0.25) is 4.98 Å². The van der Waals surface area contributed by atoms with Gasteiger partial charge in [-0.2, -0.15) is 0 Å². The van der Waals surface area contributed by atoms with Crippen molar-refractivity contribution in [1.29, 1.82) is 0 Å². The topological polar surface area (TPSA) is 47.9 Å². The molecule has 1 aliphatic heterocycles. The summed E-state index contributed by atoms with van der Waals surface area (Å²) >= 11 is 0. The molecule has 3 rings (SSSR count). The second-order valence-electron chi connectivity index (χ2n) is 6.61. The number of ether oxygens (including phenoxy) is 1. The van der Waals surface area contributed by atoms with Crippen LogP contribution in [-0.4, -0.2) is 27.7 Å². The highest BCUT2D eigenvalue weighted by molar-refractivity contribution is 5.10. The van der Waals surface area contributed by atoms with Gasteiger partial charge in [0.05, 0.1) is 6.10 Å². The zero-order valence-electron chi connectivity index (χ0n) is 15.9. The van der Waals surface area contributed by atoms with E-state index in [4.69, 9.17) is 4.74 Å². The zero-order valence-corrected chi connectivity index (χ0v) is 15.9. The maximum atomic E-state index is 5.39. The van der Waals surface area contributed by atoms with Crippen LogP contribution in [0, 0.1) is 33.6 Å². The molecule has 0 bridgehead atoms. The Morgan fingerprint density at radius 3 is 1.83 bits per heavy atom. The van der Waals surface area contributed by atoms with E-state index in [1.165, 1.54) is 18.4 Å². The molecule has 0 N–H and O–H groups in total. The average Bonchev–Trinajstić information content (AvgIpc) is 2.57. The van der Waals surface area contributed by atoms with Gasteiger partial charge in [-0.25, -0.2) is 9.97 Å². The van der Waals surface area contributed by atoms with Gasteiger partial charge in [-0.1, -0.05) is 13.0 Å². The van der Waals surface area contributed by atoms with E-state index in [1.54, 1.807) is 0 Å². The fraction of sp³-hybridized carbons (Fsp3) is 0.550. The number of hydrogen-bond acceptors (Lipinski definition) is 4. The summed E-state index contributed by atoms with van der Waals surface area (Å²) in [6.45, 7) is 13.2. The minimum Gasteiger partial charge on any atom is -0.378 e. The molecule has 0 radical (unpaired) electrons. The Morgan fingerprint density at radius 2 is 1.46 bits per heavy atom. The lowest BCUT2D eigenvalue weighted by molar-refractivity contribution is 0.000267. The van der Waals surface area contributed by atoms with Gasteiger partial charge in [0.2, 0.25) is 0 Å². The van der Waals surface area contributed by atoms with Crippen molar-refractivity contribution < 1.29 is 4.74 Å². The summed E-state index contributed by atoms with van der Waals surface area (Å²) in [5, 5.41) is 0. The van der Waals surface area contributed by atoms with Crippen LogP contribution in [0.3, 0.4) is 0 Å². The fourth-order valence-corrected chi connectivity index (χ4v) is 2.01. The molecule has 0 saturated carbocycles. The van der Waals surface area contributed by atoms with Gasteiger partial charge >= 0.3 is 0 Å². The van der Waals surface area contributed by atoms with Gasteiger partial charge < -0.3 is 4.74 Å². The van der Waals surface area contributed by atoms with Crippen molar-refractivity contribution in [2.45, 2.75) is 60.5 Å². The smallest absolute Gasteiger partial charge is 0.125 e. The lowest BCUT2D eigenvalue weighted by atomic mass is 10.0. The van der Waals surface area contributed by atoms with Crippen LogP contribution < -0.4 is 0 Å². The highest BCUT2D eigenvalue weighted by Gasteiger charge is 2.13. The number of rotatable bonds is 0. The first kappa shape index (κ1) is 20.2. The molecule has 24 heavy (non-hydrogen) atoms. The number of aromatic nitrogens is 3. The Hall–Kier alpha value is -1.81. The third-order valence-electron chi connectivity index (χ3n) is 3.70. The first-order valence-corrected chi connectivity index (χ1v) is 8.63. The van der Waals surface area contributed by atoms with Gasteiger partial charge in [0.1, 0.15) is 5.82 Å². The Labute approximate surface area is 146 Å². The van der Waals surface area contributed by atoms with Gasteiger partial charge in [-0.15, -0.1) is 0 Å². The van der Waals surface area contributed by atoms with Crippen LogP contribution in [0.25, 0.3) is 0 Å². The molecular formula is C20H31N3O. The van der Waals surface area contributed by atoms with Crippen LogP contribution in [0.15, 0.2) is 30.7 Å². The lowest BCUT2D eigenvalue weighted by Crippen LogP contribution is -2.21. The Kier molecular flexibility index (Phi) is 9.16. The SMILES string of the molecule is CC1CCC(C)OC1.Cc1ccc(C)nc1.Cc1cnc(C)nc1. The lowest BCUT2D eigenvalue weighted by Gasteiger charge is -2.23. The molecule has 1 fully saturated rings. The summed E-state index contributed by atoms with van der Waals surface area (Å²) in [6, 6.07) is 4.07. The van der Waals surface area contributed by atoms with Crippen LogP contribution in [-0.2, 0) is 4.74 Å². The Bertz CT molecular complexity index is 463. The molecule has 0 spiro atoms. The predicted molar refractivity (Wildman–Crippen MR) is 99.0 cm³/mol. The highest BCUT2D eigenvalue weighted by atomic mass is 16.5. The van der Waals surface area contributed by atoms with Crippen molar-refractivity contribution in [3.05, 3.63) is 53.4 Å². The molecule has 0 aliphatic carbocycles. The molecule has 1 aliphatic rings. The van der Waals surface area contributed by atoms with Crippen molar-refractivity contribution in [2.75, 3.05) is 6.61 Å². The second kappa shape index (κ2) is 10.9. The normalized spacial score (nSPS) is 19.4. The van der Waals surface area contributed by atoms with Crippen molar-refractivity contribution in [3.63, 3.8) is 0 Å². The van der Waals surface area contributed by atoms with Crippen LogP contribution >= 0.6 is 0 Å². The summed E-state index contributed by atoms with van der Waals surface area (Å²) in [5.74, 6) is 1.63. The second-order valence-corrected chi connectivity index (χ2v) is 6.61. The Morgan fingerprint density at radius 1 is 0.833 bits per heavy atom. The van der Waals surface area contributed by atoms with Crippen molar-refractivity contribution in [3.8, 4) is 0 Å². The molecule has 2 aromatic rings. The Balaban J connectivity index is 0.000000180. The van der Waals surface area contributed by atoms with E-state index in [9.17, 15) is 0 Å². The van der Waals surface area contributed by atoms with Crippen molar-refractivity contribution >= 4 is 0 Å². The van der Waals surface area contributed by atoms with Crippen molar-refractivity contribution in [1.82, 2.24) is 15.0 Å².